The summed E-state index contributed by atoms with van der Waals surface area (Å²) in [5, 5.41) is 3.30. The molecule has 0 aliphatic heterocycles. The fraction of sp³-hybridized carbons (Fsp3) is 0.500. The summed E-state index contributed by atoms with van der Waals surface area (Å²) >= 11 is 0. The molecule has 78 valence electrons. The van der Waals surface area contributed by atoms with E-state index in [1.165, 1.54) is 11.1 Å². The Hall–Kier alpha value is -1.02. The zero-order chi connectivity index (χ0) is 10.4. The minimum absolute atomic E-state index is 0.725. The Labute approximate surface area is 86.3 Å². The number of nitrogens with one attached hydrogen (secondary N) is 1. The molecule has 14 heavy (non-hydrogen) atoms. The Bertz CT molecular complexity index is 284. The minimum Gasteiger partial charge on any atom is -0.494 e. The zero-order valence-electron chi connectivity index (χ0n) is 9.26. The van der Waals surface area contributed by atoms with E-state index >= 15 is 0 Å². The molecule has 2 heteroatoms. The van der Waals surface area contributed by atoms with Gasteiger partial charge >= 0.3 is 0 Å². The van der Waals surface area contributed by atoms with Crippen LogP contribution >= 0.6 is 0 Å². The van der Waals surface area contributed by atoms with Crippen LogP contribution in [0.1, 0.15) is 25.0 Å². The lowest BCUT2D eigenvalue weighted by Crippen LogP contribution is -2.12. The van der Waals surface area contributed by atoms with Gasteiger partial charge in [-0.25, -0.2) is 0 Å². The summed E-state index contributed by atoms with van der Waals surface area (Å²) in [4.78, 5) is 0. The van der Waals surface area contributed by atoms with Gasteiger partial charge in [0, 0.05) is 12.1 Å². The van der Waals surface area contributed by atoms with Crippen molar-refractivity contribution in [2.75, 3.05) is 13.2 Å². The third-order valence-corrected chi connectivity index (χ3v) is 2.09. The lowest BCUT2D eigenvalue weighted by molar-refractivity contribution is 0.335. The molecule has 0 heterocycles. The van der Waals surface area contributed by atoms with E-state index in [1.807, 2.05) is 6.92 Å². The molecule has 0 saturated heterocycles. The summed E-state index contributed by atoms with van der Waals surface area (Å²) in [6, 6.07) is 6.34. The molecule has 0 fully saturated rings. The summed E-state index contributed by atoms with van der Waals surface area (Å²) in [6.07, 6.45) is 0. The van der Waals surface area contributed by atoms with Gasteiger partial charge in [-0.2, -0.15) is 0 Å². The average molecular weight is 193 g/mol. The molecule has 0 aliphatic carbocycles. The van der Waals surface area contributed by atoms with Gasteiger partial charge in [0.15, 0.2) is 0 Å². The SMILES string of the molecule is CCNCc1ccc(C)cc1OCC. The smallest absolute Gasteiger partial charge is 0.124 e. The van der Waals surface area contributed by atoms with E-state index in [0.29, 0.717) is 0 Å². The fourth-order valence-electron chi connectivity index (χ4n) is 1.36. The zero-order valence-corrected chi connectivity index (χ0v) is 9.26. The highest BCUT2D eigenvalue weighted by Crippen LogP contribution is 2.20. The molecule has 0 bridgehead atoms. The molecule has 2 nitrogen and oxygen atoms in total. The maximum atomic E-state index is 5.57. The van der Waals surface area contributed by atoms with E-state index in [9.17, 15) is 0 Å². The van der Waals surface area contributed by atoms with E-state index in [-0.39, 0.29) is 0 Å². The maximum absolute atomic E-state index is 5.57. The van der Waals surface area contributed by atoms with Gasteiger partial charge < -0.3 is 10.1 Å². The first-order valence-corrected chi connectivity index (χ1v) is 5.21. The van der Waals surface area contributed by atoms with E-state index in [2.05, 4.69) is 37.4 Å². The van der Waals surface area contributed by atoms with Crippen molar-refractivity contribution in [1.82, 2.24) is 5.32 Å². The summed E-state index contributed by atoms with van der Waals surface area (Å²) < 4.78 is 5.57. The van der Waals surface area contributed by atoms with Crippen LogP contribution in [0.25, 0.3) is 0 Å². The molecule has 1 rings (SSSR count). The van der Waals surface area contributed by atoms with E-state index < -0.39 is 0 Å². The van der Waals surface area contributed by atoms with Gasteiger partial charge in [-0.15, -0.1) is 0 Å². The van der Waals surface area contributed by atoms with Crippen LogP contribution in [0, 0.1) is 6.92 Å². The van der Waals surface area contributed by atoms with Crippen molar-refractivity contribution in [2.24, 2.45) is 0 Å². The summed E-state index contributed by atoms with van der Waals surface area (Å²) in [5.74, 6) is 1.01. The first kappa shape index (κ1) is 11.1. The molecule has 0 saturated carbocycles. The van der Waals surface area contributed by atoms with Gasteiger partial charge in [0.1, 0.15) is 5.75 Å². The molecule has 1 N–H and O–H groups in total. The standard InChI is InChI=1S/C12H19NO/c1-4-13-9-11-7-6-10(3)8-12(11)14-5-2/h6-8,13H,4-5,9H2,1-3H3. The molecular weight excluding hydrogens is 174 g/mol. The molecule has 1 aromatic carbocycles. The van der Waals surface area contributed by atoms with Gasteiger partial charge in [-0.05, 0) is 32.0 Å². The third kappa shape index (κ3) is 3.04. The summed E-state index contributed by atoms with van der Waals surface area (Å²) in [5.41, 5.74) is 2.48. The molecule has 0 aromatic heterocycles. The lowest BCUT2D eigenvalue weighted by atomic mass is 10.1. The molecule has 1 aromatic rings. The lowest BCUT2D eigenvalue weighted by Gasteiger charge is -2.11. The predicted molar refractivity (Wildman–Crippen MR) is 59.7 cm³/mol. The monoisotopic (exact) mass is 193 g/mol. The van der Waals surface area contributed by atoms with Crippen LogP contribution in [-0.4, -0.2) is 13.2 Å². The van der Waals surface area contributed by atoms with Crippen molar-refractivity contribution in [2.45, 2.75) is 27.3 Å². The largest absolute Gasteiger partial charge is 0.494 e. The van der Waals surface area contributed by atoms with Crippen LogP contribution in [0.3, 0.4) is 0 Å². The molecule has 0 amide bonds. The van der Waals surface area contributed by atoms with E-state index in [0.717, 1.165) is 25.4 Å². The Morgan fingerprint density at radius 2 is 2.07 bits per heavy atom. The van der Waals surface area contributed by atoms with Crippen LogP contribution in [0.4, 0.5) is 0 Å². The second kappa shape index (κ2) is 5.66. The van der Waals surface area contributed by atoms with Crippen LogP contribution < -0.4 is 10.1 Å². The van der Waals surface area contributed by atoms with Crippen molar-refractivity contribution >= 4 is 0 Å². The molecular formula is C12H19NO. The molecule has 0 aliphatic rings. The topological polar surface area (TPSA) is 21.3 Å². The van der Waals surface area contributed by atoms with Gasteiger partial charge in [0.25, 0.3) is 0 Å². The van der Waals surface area contributed by atoms with Crippen molar-refractivity contribution in [3.8, 4) is 5.75 Å². The molecule has 0 atom stereocenters. The highest BCUT2D eigenvalue weighted by Gasteiger charge is 2.02. The normalized spacial score (nSPS) is 10.2. The first-order chi connectivity index (χ1) is 6.77. The Morgan fingerprint density at radius 1 is 1.29 bits per heavy atom. The average Bonchev–Trinajstić information content (AvgIpc) is 2.17. The van der Waals surface area contributed by atoms with Crippen molar-refractivity contribution < 1.29 is 4.74 Å². The van der Waals surface area contributed by atoms with Gasteiger partial charge in [-0.1, -0.05) is 19.1 Å². The summed E-state index contributed by atoms with van der Waals surface area (Å²) in [6.45, 7) is 8.79. The van der Waals surface area contributed by atoms with Crippen molar-refractivity contribution in [1.29, 1.82) is 0 Å². The van der Waals surface area contributed by atoms with Crippen LogP contribution in [0.15, 0.2) is 18.2 Å². The highest BCUT2D eigenvalue weighted by atomic mass is 16.5. The van der Waals surface area contributed by atoms with E-state index in [4.69, 9.17) is 4.74 Å². The first-order valence-electron chi connectivity index (χ1n) is 5.21. The second-order valence-electron chi connectivity index (χ2n) is 3.32. The van der Waals surface area contributed by atoms with Crippen molar-refractivity contribution in [3.05, 3.63) is 29.3 Å². The number of aryl methyl sites for hydroxylation is 1. The molecule has 0 spiro atoms. The van der Waals surface area contributed by atoms with Crippen molar-refractivity contribution in [3.63, 3.8) is 0 Å². The predicted octanol–water partition coefficient (Wildman–Crippen LogP) is 2.50. The Kier molecular flexibility index (Phi) is 4.47. The van der Waals surface area contributed by atoms with Crippen LogP contribution in [-0.2, 0) is 6.54 Å². The molecule has 0 unspecified atom stereocenters. The Balaban J connectivity index is 2.78. The Morgan fingerprint density at radius 3 is 2.71 bits per heavy atom. The van der Waals surface area contributed by atoms with Crippen LogP contribution in [0.5, 0.6) is 5.75 Å². The minimum atomic E-state index is 0.725. The number of rotatable bonds is 5. The fourth-order valence-corrected chi connectivity index (χ4v) is 1.36. The third-order valence-electron chi connectivity index (χ3n) is 2.09. The highest BCUT2D eigenvalue weighted by molar-refractivity contribution is 5.37. The van der Waals surface area contributed by atoms with Gasteiger partial charge in [0.05, 0.1) is 6.61 Å². The van der Waals surface area contributed by atoms with Crippen LogP contribution in [0.2, 0.25) is 0 Å². The van der Waals surface area contributed by atoms with Gasteiger partial charge in [0.2, 0.25) is 0 Å². The summed E-state index contributed by atoms with van der Waals surface area (Å²) in [7, 11) is 0. The number of benzene rings is 1. The number of ether oxygens (including phenoxy) is 1. The molecule has 0 radical (unpaired) electrons. The second-order valence-corrected chi connectivity index (χ2v) is 3.32. The van der Waals surface area contributed by atoms with Gasteiger partial charge in [-0.3, -0.25) is 0 Å². The van der Waals surface area contributed by atoms with E-state index in [1.54, 1.807) is 0 Å². The maximum Gasteiger partial charge on any atom is 0.124 e. The number of hydrogen-bond donors (Lipinski definition) is 1. The quantitative estimate of drug-likeness (QED) is 0.775. The number of hydrogen-bond acceptors (Lipinski definition) is 2.